The second kappa shape index (κ2) is 9.07. The summed E-state index contributed by atoms with van der Waals surface area (Å²) in [7, 11) is 0. The summed E-state index contributed by atoms with van der Waals surface area (Å²) >= 11 is 11.1. The summed E-state index contributed by atoms with van der Waals surface area (Å²) in [5, 5.41) is 3.74. The number of rotatable bonds is 5. The third kappa shape index (κ3) is 8.39. The van der Waals surface area contributed by atoms with Crippen molar-refractivity contribution in [3.63, 3.8) is 0 Å². The lowest BCUT2D eigenvalue weighted by molar-refractivity contribution is -0.152. The topological polar surface area (TPSA) is 123 Å². The maximum atomic E-state index is 12.5. The second-order valence-electron chi connectivity index (χ2n) is 7.05. The highest BCUT2D eigenvalue weighted by molar-refractivity contribution is 6.48. The summed E-state index contributed by atoms with van der Waals surface area (Å²) in [6.45, 7) is 6.70. The molecule has 1 aliphatic rings. The molecule has 0 aliphatic carbocycles. The van der Waals surface area contributed by atoms with Gasteiger partial charge in [-0.05, 0) is 40.5 Å². The van der Waals surface area contributed by atoms with Gasteiger partial charge in [0.25, 0.3) is 5.91 Å². The minimum atomic E-state index is -1.67. The van der Waals surface area contributed by atoms with E-state index in [1.165, 1.54) is 11.9 Å². The lowest BCUT2D eigenvalue weighted by atomic mass is 10.1. The summed E-state index contributed by atoms with van der Waals surface area (Å²) < 4.78 is 8.38. The van der Waals surface area contributed by atoms with Gasteiger partial charge in [-0.3, -0.25) is 20.3 Å². The van der Waals surface area contributed by atoms with Gasteiger partial charge in [-0.1, -0.05) is 23.2 Å². The maximum Gasteiger partial charge on any atom is 0.408 e. The highest BCUT2D eigenvalue weighted by Gasteiger charge is 2.33. The van der Waals surface area contributed by atoms with Gasteiger partial charge in [-0.2, -0.15) is 0 Å². The number of nitrogens with one attached hydrogen (secondary N) is 2. The molecule has 0 spiro atoms. The Morgan fingerprint density at radius 2 is 1.96 bits per heavy atom. The number of nitrogens with two attached hydrogens (primary N) is 1. The van der Waals surface area contributed by atoms with Gasteiger partial charge in [0, 0.05) is 6.54 Å². The van der Waals surface area contributed by atoms with Crippen LogP contribution in [-0.4, -0.2) is 58.3 Å². The Kier molecular flexibility index (Phi) is 7.94. The van der Waals surface area contributed by atoms with E-state index >= 15 is 0 Å². The van der Waals surface area contributed by atoms with Crippen molar-refractivity contribution in [2.75, 3.05) is 13.2 Å². The maximum absolute atomic E-state index is 12.5. The number of nitrogens with zero attached hydrogens (tertiary/aromatic N) is 1. The van der Waals surface area contributed by atoms with Crippen molar-refractivity contribution in [3.05, 3.63) is 0 Å². The molecule has 0 unspecified atom stereocenters. The van der Waals surface area contributed by atoms with Crippen LogP contribution < -0.4 is 16.5 Å². The van der Waals surface area contributed by atoms with Crippen molar-refractivity contribution >= 4 is 41.2 Å². The van der Waals surface area contributed by atoms with Crippen LogP contribution in [0, 0.1) is 0 Å². The molecular formula is C15H26Cl2N4O5. The summed E-state index contributed by atoms with van der Waals surface area (Å²) in [4.78, 5) is 36.3. The molecular weight excluding hydrogens is 387 g/mol. The Morgan fingerprint density at radius 3 is 2.50 bits per heavy atom. The first-order chi connectivity index (χ1) is 11.8. The number of amides is 2. The first kappa shape index (κ1) is 22.8. The molecule has 1 rings (SSSR count). The average Bonchev–Trinajstić information content (AvgIpc) is 2.49. The van der Waals surface area contributed by atoms with Gasteiger partial charge in [0.15, 0.2) is 0 Å². The van der Waals surface area contributed by atoms with Gasteiger partial charge in [-0.25, -0.2) is 10.2 Å². The van der Waals surface area contributed by atoms with E-state index in [1.54, 1.807) is 20.8 Å². The van der Waals surface area contributed by atoms with Crippen molar-refractivity contribution in [2.45, 2.75) is 62.7 Å². The number of hydrogen-bond acceptors (Lipinski definition) is 7. The predicted molar refractivity (Wildman–Crippen MR) is 96.3 cm³/mol. The Balaban J connectivity index is 2.56. The van der Waals surface area contributed by atoms with Gasteiger partial charge < -0.3 is 14.8 Å². The number of carbonyl (C=O) groups is 3. The molecule has 1 saturated heterocycles. The predicted octanol–water partition coefficient (Wildman–Crippen LogP) is 1.03. The van der Waals surface area contributed by atoms with Gasteiger partial charge in [-0.15, -0.1) is 0 Å². The zero-order chi connectivity index (χ0) is 20.1. The van der Waals surface area contributed by atoms with E-state index in [9.17, 15) is 14.4 Å². The first-order valence-electron chi connectivity index (χ1n) is 8.19. The molecule has 0 aromatic rings. The van der Waals surface area contributed by atoms with Crippen LogP contribution in [0.1, 0.15) is 40.5 Å². The fourth-order valence-corrected chi connectivity index (χ4v) is 2.27. The molecule has 2 atom stereocenters. The average molecular weight is 413 g/mol. The van der Waals surface area contributed by atoms with E-state index in [1.807, 2.05) is 0 Å². The van der Waals surface area contributed by atoms with Gasteiger partial charge in [0.2, 0.25) is 4.46 Å². The molecule has 9 nitrogen and oxygen atoms in total. The van der Waals surface area contributed by atoms with Crippen LogP contribution in [0.2, 0.25) is 0 Å². The quantitative estimate of drug-likeness (QED) is 0.350. The minimum Gasteiger partial charge on any atom is -0.460 e. The third-order valence-electron chi connectivity index (χ3n) is 3.25. The SMILES string of the molecule is C[C@H](NC(=O)OC(C)(C)C)C(=O)N1CCC[C@@H](C(=O)OCC(N)(Cl)Cl)N1. The van der Waals surface area contributed by atoms with Gasteiger partial charge >= 0.3 is 12.1 Å². The zero-order valence-electron chi connectivity index (χ0n) is 15.3. The van der Waals surface area contributed by atoms with Crippen LogP contribution in [0.25, 0.3) is 0 Å². The molecule has 0 aromatic heterocycles. The third-order valence-corrected chi connectivity index (χ3v) is 3.47. The molecule has 1 heterocycles. The fraction of sp³-hybridized carbons (Fsp3) is 0.800. The first-order valence-corrected chi connectivity index (χ1v) is 8.94. The Labute approximate surface area is 162 Å². The van der Waals surface area contributed by atoms with Gasteiger partial charge in [0.1, 0.15) is 24.3 Å². The van der Waals surface area contributed by atoms with E-state index in [4.69, 9.17) is 38.4 Å². The normalized spacial score (nSPS) is 19.5. The Morgan fingerprint density at radius 1 is 1.35 bits per heavy atom. The van der Waals surface area contributed by atoms with Crippen LogP contribution in [0.15, 0.2) is 0 Å². The van der Waals surface area contributed by atoms with Crippen molar-refractivity contribution in [1.82, 2.24) is 15.8 Å². The van der Waals surface area contributed by atoms with Crippen LogP contribution in [0.4, 0.5) is 4.79 Å². The molecule has 0 radical (unpaired) electrons. The number of alkyl halides is 2. The highest BCUT2D eigenvalue weighted by atomic mass is 35.5. The van der Waals surface area contributed by atoms with Crippen molar-refractivity contribution in [3.8, 4) is 0 Å². The van der Waals surface area contributed by atoms with E-state index in [0.29, 0.717) is 19.4 Å². The standard InChI is InChI=1S/C15H26Cl2N4O5/c1-9(19-13(24)26-14(2,3)4)11(22)21-7-5-6-10(20-21)12(23)25-8-15(16,17)18/h9-10,20H,5-8,18H2,1-4H3,(H,19,24)/t9-,10-/m0/s1. The number of alkyl carbamates (subject to hydrolysis) is 1. The molecule has 150 valence electrons. The molecule has 1 aliphatic heterocycles. The molecule has 2 amide bonds. The highest BCUT2D eigenvalue weighted by Crippen LogP contribution is 2.15. The van der Waals surface area contributed by atoms with E-state index in [-0.39, 0.29) is 6.61 Å². The molecule has 11 heteroatoms. The summed E-state index contributed by atoms with van der Waals surface area (Å²) in [5.74, 6) is -1.03. The monoisotopic (exact) mass is 412 g/mol. The Bertz CT molecular complexity index is 533. The minimum absolute atomic E-state index is 0.377. The molecule has 1 fully saturated rings. The molecule has 26 heavy (non-hydrogen) atoms. The lowest BCUT2D eigenvalue weighted by Crippen LogP contribution is -2.59. The van der Waals surface area contributed by atoms with E-state index in [2.05, 4.69) is 10.7 Å². The fourth-order valence-electron chi connectivity index (χ4n) is 2.16. The number of hydrazine groups is 1. The van der Waals surface area contributed by atoms with Crippen molar-refractivity contribution in [1.29, 1.82) is 0 Å². The molecule has 0 bridgehead atoms. The van der Waals surface area contributed by atoms with Crippen LogP contribution in [-0.2, 0) is 19.1 Å². The van der Waals surface area contributed by atoms with Crippen LogP contribution in [0.3, 0.4) is 0 Å². The number of hydrogen-bond donors (Lipinski definition) is 3. The number of halogens is 2. The number of ether oxygens (including phenoxy) is 2. The van der Waals surface area contributed by atoms with E-state index in [0.717, 1.165) is 0 Å². The van der Waals surface area contributed by atoms with Crippen LogP contribution >= 0.6 is 23.2 Å². The second-order valence-corrected chi connectivity index (χ2v) is 8.59. The molecule has 0 aromatic carbocycles. The zero-order valence-corrected chi connectivity index (χ0v) is 16.8. The molecule has 4 N–H and O–H groups in total. The summed E-state index contributed by atoms with van der Waals surface area (Å²) in [6, 6.07) is -1.58. The lowest BCUT2D eigenvalue weighted by Gasteiger charge is -2.34. The van der Waals surface area contributed by atoms with Crippen LogP contribution in [0.5, 0.6) is 0 Å². The summed E-state index contributed by atoms with van der Waals surface area (Å²) in [6.07, 6.45) is 0.348. The summed E-state index contributed by atoms with van der Waals surface area (Å²) in [5.41, 5.74) is 7.44. The van der Waals surface area contributed by atoms with Crippen molar-refractivity contribution < 1.29 is 23.9 Å². The van der Waals surface area contributed by atoms with Crippen molar-refractivity contribution in [2.24, 2.45) is 5.73 Å². The van der Waals surface area contributed by atoms with E-state index < -0.39 is 40.1 Å². The number of carbonyl (C=O) groups excluding carboxylic acids is 3. The number of esters is 1. The largest absolute Gasteiger partial charge is 0.460 e. The molecule has 0 saturated carbocycles. The Hall–Kier alpha value is -1.29. The van der Waals surface area contributed by atoms with Gasteiger partial charge in [0.05, 0.1) is 0 Å². The smallest absolute Gasteiger partial charge is 0.408 e.